The second-order valence-corrected chi connectivity index (χ2v) is 3.59. The monoisotopic (exact) mass is 185 g/mol. The van der Waals surface area contributed by atoms with Gasteiger partial charge in [-0.1, -0.05) is 24.9 Å². The van der Waals surface area contributed by atoms with Crippen LogP contribution in [0, 0.1) is 0 Å². The van der Waals surface area contributed by atoms with E-state index in [-0.39, 0.29) is 0 Å². The fraction of sp³-hybridized carbons (Fsp3) is 0.889. The molecule has 0 aromatic heterocycles. The molecular weight excluding hydrogens is 166 g/mol. The maximum Gasteiger partial charge on any atom is 0.153 e. The highest BCUT2D eigenvalue weighted by Crippen LogP contribution is 2.22. The average Bonchev–Trinajstić information content (AvgIpc) is 2.66. The molecule has 76 valence electrons. The molecule has 4 nitrogen and oxygen atoms in total. The smallest absolute Gasteiger partial charge is 0.153 e. The number of oxime groups is 1. The number of hydrogen-bond acceptors (Lipinski definition) is 3. The molecule has 0 unspecified atom stereocenters. The van der Waals surface area contributed by atoms with Crippen molar-refractivity contribution < 1.29 is 5.21 Å². The molecule has 0 bridgehead atoms. The van der Waals surface area contributed by atoms with Crippen LogP contribution in [0.3, 0.4) is 0 Å². The molecule has 1 saturated carbocycles. The van der Waals surface area contributed by atoms with Gasteiger partial charge in [-0.3, -0.25) is 4.90 Å². The summed E-state index contributed by atoms with van der Waals surface area (Å²) in [5, 5.41) is 11.5. The molecule has 1 rings (SSSR count). The summed E-state index contributed by atoms with van der Waals surface area (Å²) >= 11 is 0. The van der Waals surface area contributed by atoms with Crippen molar-refractivity contribution in [2.75, 3.05) is 13.1 Å². The zero-order valence-corrected chi connectivity index (χ0v) is 8.24. The van der Waals surface area contributed by atoms with Crippen molar-refractivity contribution in [3.63, 3.8) is 0 Å². The number of rotatable bonds is 4. The largest absolute Gasteiger partial charge is 0.409 e. The van der Waals surface area contributed by atoms with Gasteiger partial charge < -0.3 is 10.9 Å². The van der Waals surface area contributed by atoms with Crippen LogP contribution in [0.25, 0.3) is 0 Å². The molecule has 0 radical (unpaired) electrons. The zero-order chi connectivity index (χ0) is 9.68. The maximum atomic E-state index is 8.46. The van der Waals surface area contributed by atoms with Crippen LogP contribution < -0.4 is 5.73 Å². The van der Waals surface area contributed by atoms with E-state index in [0.29, 0.717) is 18.4 Å². The predicted molar refractivity (Wildman–Crippen MR) is 52.9 cm³/mol. The van der Waals surface area contributed by atoms with Gasteiger partial charge in [-0.2, -0.15) is 0 Å². The second-order valence-electron chi connectivity index (χ2n) is 3.59. The SMILES string of the molecule is CCN(C/C(N)=N/O)C1CCCC1. The van der Waals surface area contributed by atoms with Gasteiger partial charge in [0.15, 0.2) is 5.84 Å². The molecule has 3 N–H and O–H groups in total. The number of amidine groups is 1. The van der Waals surface area contributed by atoms with Crippen molar-refractivity contribution in [1.29, 1.82) is 0 Å². The molecule has 1 aliphatic carbocycles. The molecule has 4 heteroatoms. The average molecular weight is 185 g/mol. The van der Waals surface area contributed by atoms with E-state index in [2.05, 4.69) is 17.0 Å². The van der Waals surface area contributed by atoms with E-state index in [1.165, 1.54) is 25.7 Å². The minimum absolute atomic E-state index is 0.314. The van der Waals surface area contributed by atoms with Gasteiger partial charge in [-0.05, 0) is 19.4 Å². The Labute approximate surface area is 79.4 Å². The van der Waals surface area contributed by atoms with Crippen LogP contribution in [-0.2, 0) is 0 Å². The van der Waals surface area contributed by atoms with Gasteiger partial charge in [-0.15, -0.1) is 0 Å². The molecule has 0 saturated heterocycles. The molecule has 0 heterocycles. The summed E-state index contributed by atoms with van der Waals surface area (Å²) < 4.78 is 0. The van der Waals surface area contributed by atoms with E-state index in [0.717, 1.165) is 6.54 Å². The molecule has 1 fully saturated rings. The van der Waals surface area contributed by atoms with Gasteiger partial charge in [0.2, 0.25) is 0 Å². The first-order valence-corrected chi connectivity index (χ1v) is 4.98. The molecule has 0 aromatic carbocycles. The summed E-state index contributed by atoms with van der Waals surface area (Å²) in [5.41, 5.74) is 5.48. The molecule has 0 aromatic rings. The molecule has 0 amide bonds. The highest BCUT2D eigenvalue weighted by molar-refractivity contribution is 5.81. The van der Waals surface area contributed by atoms with Crippen LogP contribution in [0.2, 0.25) is 0 Å². The van der Waals surface area contributed by atoms with Crippen molar-refractivity contribution in [3.8, 4) is 0 Å². The lowest BCUT2D eigenvalue weighted by molar-refractivity contribution is 0.233. The fourth-order valence-corrected chi connectivity index (χ4v) is 2.01. The minimum Gasteiger partial charge on any atom is -0.409 e. The number of nitrogens with two attached hydrogens (primary N) is 1. The number of hydrogen-bond donors (Lipinski definition) is 2. The Hall–Kier alpha value is -0.770. The fourth-order valence-electron chi connectivity index (χ4n) is 2.01. The topological polar surface area (TPSA) is 61.8 Å². The summed E-state index contributed by atoms with van der Waals surface area (Å²) in [6.07, 6.45) is 5.15. The zero-order valence-electron chi connectivity index (χ0n) is 8.24. The second kappa shape index (κ2) is 5.07. The lowest BCUT2D eigenvalue weighted by atomic mass is 10.2. The number of likely N-dealkylation sites (N-methyl/N-ethyl adjacent to an activating group) is 1. The van der Waals surface area contributed by atoms with Gasteiger partial charge in [-0.25, -0.2) is 0 Å². The van der Waals surface area contributed by atoms with Crippen LogP contribution in [0.15, 0.2) is 5.16 Å². The summed E-state index contributed by atoms with van der Waals surface area (Å²) in [7, 11) is 0. The molecule has 1 aliphatic rings. The van der Waals surface area contributed by atoms with Crippen molar-refractivity contribution in [3.05, 3.63) is 0 Å². The number of nitrogens with zero attached hydrogens (tertiary/aromatic N) is 2. The van der Waals surface area contributed by atoms with E-state index in [4.69, 9.17) is 10.9 Å². The summed E-state index contributed by atoms with van der Waals surface area (Å²) in [4.78, 5) is 2.28. The molecular formula is C9H19N3O. The van der Waals surface area contributed by atoms with Crippen molar-refractivity contribution in [2.24, 2.45) is 10.9 Å². The van der Waals surface area contributed by atoms with Gasteiger partial charge in [0.1, 0.15) is 0 Å². The van der Waals surface area contributed by atoms with Crippen LogP contribution in [0.1, 0.15) is 32.6 Å². The van der Waals surface area contributed by atoms with Crippen LogP contribution in [0.5, 0.6) is 0 Å². The van der Waals surface area contributed by atoms with E-state index in [1.807, 2.05) is 0 Å². The Bertz CT molecular complexity index is 176. The first kappa shape index (κ1) is 10.3. The first-order chi connectivity index (χ1) is 6.27. The van der Waals surface area contributed by atoms with Crippen molar-refractivity contribution in [1.82, 2.24) is 4.90 Å². The van der Waals surface area contributed by atoms with E-state index in [1.54, 1.807) is 0 Å². The highest BCUT2D eigenvalue weighted by atomic mass is 16.4. The third kappa shape index (κ3) is 2.88. The Morgan fingerprint density at radius 1 is 1.54 bits per heavy atom. The van der Waals surface area contributed by atoms with Crippen molar-refractivity contribution in [2.45, 2.75) is 38.6 Å². The molecule has 0 spiro atoms. The minimum atomic E-state index is 0.314. The maximum absolute atomic E-state index is 8.46. The lowest BCUT2D eigenvalue weighted by Gasteiger charge is -2.26. The molecule has 13 heavy (non-hydrogen) atoms. The lowest BCUT2D eigenvalue weighted by Crippen LogP contribution is -2.39. The van der Waals surface area contributed by atoms with Gasteiger partial charge in [0, 0.05) is 6.04 Å². The standard InChI is InChI=1S/C9H19N3O/c1-2-12(7-9(10)11-13)8-5-3-4-6-8/h8,13H,2-7H2,1H3,(H2,10,11). The first-order valence-electron chi connectivity index (χ1n) is 4.98. The van der Waals surface area contributed by atoms with Gasteiger partial charge >= 0.3 is 0 Å². The Balaban J connectivity index is 2.41. The van der Waals surface area contributed by atoms with Crippen LogP contribution >= 0.6 is 0 Å². The van der Waals surface area contributed by atoms with E-state index < -0.39 is 0 Å². The summed E-state index contributed by atoms with van der Waals surface area (Å²) in [6, 6.07) is 0.644. The van der Waals surface area contributed by atoms with Crippen LogP contribution in [0.4, 0.5) is 0 Å². The summed E-state index contributed by atoms with van der Waals surface area (Å²) in [6.45, 7) is 3.68. The molecule has 0 aliphatic heterocycles. The normalized spacial score (nSPS) is 20.0. The quantitative estimate of drug-likeness (QED) is 0.297. The Morgan fingerprint density at radius 3 is 2.62 bits per heavy atom. The third-order valence-corrected chi connectivity index (χ3v) is 2.74. The van der Waals surface area contributed by atoms with E-state index in [9.17, 15) is 0 Å². The van der Waals surface area contributed by atoms with Crippen molar-refractivity contribution >= 4 is 5.84 Å². The van der Waals surface area contributed by atoms with Gasteiger partial charge in [0.25, 0.3) is 0 Å². The summed E-state index contributed by atoms with van der Waals surface area (Å²) in [5.74, 6) is 0.314. The van der Waals surface area contributed by atoms with Gasteiger partial charge in [0.05, 0.1) is 6.54 Å². The Morgan fingerprint density at radius 2 is 2.15 bits per heavy atom. The predicted octanol–water partition coefficient (Wildman–Crippen LogP) is 0.997. The Kier molecular flexibility index (Phi) is 4.02. The van der Waals surface area contributed by atoms with E-state index >= 15 is 0 Å². The highest BCUT2D eigenvalue weighted by Gasteiger charge is 2.21. The third-order valence-electron chi connectivity index (χ3n) is 2.74. The molecule has 0 atom stereocenters. The van der Waals surface area contributed by atoms with Crippen LogP contribution in [-0.4, -0.2) is 35.1 Å².